The van der Waals surface area contributed by atoms with Crippen molar-refractivity contribution >= 4 is 23.1 Å². The predicted molar refractivity (Wildman–Crippen MR) is 121 cm³/mol. The number of benzene rings is 1. The first-order chi connectivity index (χ1) is 14.4. The number of hydrogen-bond donors (Lipinski definition) is 3. The summed E-state index contributed by atoms with van der Waals surface area (Å²) < 4.78 is 7.09. The van der Waals surface area contributed by atoms with E-state index in [-0.39, 0.29) is 11.9 Å². The van der Waals surface area contributed by atoms with Crippen LogP contribution in [0.25, 0.3) is 0 Å². The lowest BCUT2D eigenvalue weighted by Crippen LogP contribution is -2.20. The minimum atomic E-state index is -0.293. The van der Waals surface area contributed by atoms with Gasteiger partial charge in [-0.1, -0.05) is 19.1 Å². The van der Waals surface area contributed by atoms with Gasteiger partial charge in [0, 0.05) is 25.1 Å². The second-order valence-corrected chi connectivity index (χ2v) is 8.17. The zero-order chi connectivity index (χ0) is 21.7. The number of nitrogens with zero attached hydrogens (tertiary/aromatic N) is 2. The Bertz CT molecular complexity index is 880. The second-order valence-electron chi connectivity index (χ2n) is 8.17. The molecule has 0 saturated heterocycles. The molecule has 1 aliphatic carbocycles. The van der Waals surface area contributed by atoms with Crippen LogP contribution in [-0.2, 0) is 11.3 Å². The van der Waals surface area contributed by atoms with Gasteiger partial charge in [0.2, 0.25) is 0 Å². The molecular formula is C23H33N5O2. The number of aromatic nitrogens is 2. The van der Waals surface area contributed by atoms with Gasteiger partial charge >= 0.3 is 0 Å². The maximum atomic E-state index is 13.1. The van der Waals surface area contributed by atoms with E-state index in [1.165, 1.54) is 0 Å². The molecule has 1 aliphatic rings. The molecule has 0 radical (unpaired) electrons. The van der Waals surface area contributed by atoms with Crippen LogP contribution in [0.5, 0.6) is 0 Å². The lowest BCUT2D eigenvalue weighted by molar-refractivity contribution is 0.102. The Balaban J connectivity index is 1.91. The van der Waals surface area contributed by atoms with Crippen molar-refractivity contribution in [1.29, 1.82) is 5.41 Å². The molecule has 3 N–H and O–H groups in total. The van der Waals surface area contributed by atoms with Crippen LogP contribution in [0, 0.1) is 11.3 Å². The Morgan fingerprint density at radius 3 is 2.47 bits per heavy atom. The van der Waals surface area contributed by atoms with Crippen LogP contribution in [0.3, 0.4) is 0 Å². The molecule has 30 heavy (non-hydrogen) atoms. The zero-order valence-corrected chi connectivity index (χ0v) is 18.4. The second kappa shape index (κ2) is 9.89. The van der Waals surface area contributed by atoms with E-state index in [4.69, 9.17) is 15.2 Å². The van der Waals surface area contributed by atoms with Crippen LogP contribution in [-0.4, -0.2) is 35.1 Å². The van der Waals surface area contributed by atoms with Crippen molar-refractivity contribution in [2.24, 2.45) is 5.92 Å². The van der Waals surface area contributed by atoms with E-state index in [0.29, 0.717) is 35.8 Å². The molecule has 0 bridgehead atoms. The topological polar surface area (TPSA) is 92.0 Å². The Kier molecular flexibility index (Phi) is 7.26. The molecule has 7 heteroatoms. The number of methoxy groups -OCH3 is 1. The van der Waals surface area contributed by atoms with Crippen LogP contribution < -0.4 is 10.6 Å². The molecule has 7 nitrogen and oxygen atoms in total. The zero-order valence-electron chi connectivity index (χ0n) is 18.4. The van der Waals surface area contributed by atoms with Gasteiger partial charge in [0.15, 0.2) is 5.69 Å². The number of anilines is 2. The maximum absolute atomic E-state index is 13.1. The van der Waals surface area contributed by atoms with Crippen LogP contribution >= 0.6 is 0 Å². The van der Waals surface area contributed by atoms with Crippen LogP contribution in [0.15, 0.2) is 24.3 Å². The molecule has 1 saturated carbocycles. The summed E-state index contributed by atoms with van der Waals surface area (Å²) in [5.74, 6) is 1.22. The van der Waals surface area contributed by atoms with E-state index in [1.807, 2.05) is 35.9 Å². The normalized spacial score (nSPS) is 18.8. The van der Waals surface area contributed by atoms with E-state index in [1.54, 1.807) is 14.0 Å². The first-order valence-corrected chi connectivity index (χ1v) is 10.8. The molecule has 1 fully saturated rings. The lowest BCUT2D eigenvalue weighted by atomic mass is 9.87. The van der Waals surface area contributed by atoms with Gasteiger partial charge in [0.1, 0.15) is 5.82 Å². The Hall–Kier alpha value is -2.67. The lowest BCUT2D eigenvalue weighted by Gasteiger charge is -2.27. The highest BCUT2D eigenvalue weighted by molar-refractivity contribution is 6.14. The standard InChI is InChI=1S/C23H33N5O2/c1-5-25-22-20(16(3)24)21(27-28(22)19-12-6-15(2)7-13-19)23(29)26-18-10-8-17(9-11-18)14-30-4/h8-11,15,19,24-25H,5-7,12-14H2,1-4H3,(H,26,29). The van der Waals surface area contributed by atoms with Crippen molar-refractivity contribution in [2.75, 3.05) is 24.3 Å². The van der Waals surface area contributed by atoms with E-state index >= 15 is 0 Å². The maximum Gasteiger partial charge on any atom is 0.276 e. The summed E-state index contributed by atoms with van der Waals surface area (Å²) >= 11 is 0. The first kappa shape index (κ1) is 22.0. The minimum absolute atomic E-state index is 0.253. The number of amides is 1. The van der Waals surface area contributed by atoms with Gasteiger partial charge in [0.05, 0.1) is 18.2 Å². The van der Waals surface area contributed by atoms with Crippen LogP contribution in [0.4, 0.5) is 11.5 Å². The quantitative estimate of drug-likeness (QED) is 0.541. The number of carbonyl (C=O) groups is 1. The average Bonchev–Trinajstić information content (AvgIpc) is 3.10. The van der Waals surface area contributed by atoms with Gasteiger partial charge in [0.25, 0.3) is 5.91 Å². The molecule has 1 aromatic heterocycles. The molecule has 1 amide bonds. The summed E-state index contributed by atoms with van der Waals surface area (Å²) in [7, 11) is 1.65. The van der Waals surface area contributed by atoms with E-state index in [9.17, 15) is 4.79 Å². The third kappa shape index (κ3) is 4.90. The molecular weight excluding hydrogens is 378 g/mol. The summed E-state index contributed by atoms with van der Waals surface area (Å²) in [6.45, 7) is 7.25. The van der Waals surface area contributed by atoms with Crippen molar-refractivity contribution < 1.29 is 9.53 Å². The number of carbonyl (C=O) groups excluding carboxylic acids is 1. The number of hydrogen-bond acceptors (Lipinski definition) is 5. The van der Waals surface area contributed by atoms with Gasteiger partial charge in [-0.05, 0) is 63.1 Å². The summed E-state index contributed by atoms with van der Waals surface area (Å²) in [5.41, 5.74) is 2.96. The highest BCUT2D eigenvalue weighted by Gasteiger charge is 2.29. The van der Waals surface area contributed by atoms with Gasteiger partial charge < -0.3 is 20.8 Å². The monoisotopic (exact) mass is 411 g/mol. The van der Waals surface area contributed by atoms with Crippen molar-refractivity contribution in [1.82, 2.24) is 9.78 Å². The number of nitrogens with one attached hydrogen (secondary N) is 3. The highest BCUT2D eigenvalue weighted by atomic mass is 16.5. The molecule has 2 aromatic rings. The fourth-order valence-electron chi connectivity index (χ4n) is 4.08. The molecule has 0 spiro atoms. The van der Waals surface area contributed by atoms with Crippen LogP contribution in [0.2, 0.25) is 0 Å². The molecule has 162 valence electrons. The van der Waals surface area contributed by atoms with Crippen molar-refractivity contribution in [3.05, 3.63) is 41.1 Å². The summed E-state index contributed by atoms with van der Waals surface area (Å²) in [5, 5.41) is 19.3. The third-order valence-electron chi connectivity index (χ3n) is 5.70. The van der Waals surface area contributed by atoms with Gasteiger partial charge in [-0.25, -0.2) is 4.68 Å². The fourth-order valence-corrected chi connectivity index (χ4v) is 4.08. The molecule has 1 heterocycles. The molecule has 3 rings (SSSR count). The smallest absolute Gasteiger partial charge is 0.276 e. The molecule has 0 atom stereocenters. The minimum Gasteiger partial charge on any atom is -0.380 e. The van der Waals surface area contributed by atoms with E-state index < -0.39 is 0 Å². The van der Waals surface area contributed by atoms with Crippen LogP contribution in [0.1, 0.15) is 74.1 Å². The Labute approximate surface area is 178 Å². The largest absolute Gasteiger partial charge is 0.380 e. The molecule has 0 aliphatic heterocycles. The van der Waals surface area contributed by atoms with E-state index in [2.05, 4.69) is 17.6 Å². The fraction of sp³-hybridized carbons (Fsp3) is 0.522. The van der Waals surface area contributed by atoms with E-state index in [0.717, 1.165) is 43.0 Å². The van der Waals surface area contributed by atoms with Crippen molar-refractivity contribution in [2.45, 2.75) is 59.1 Å². The SMILES string of the molecule is CCNc1c(C(C)=N)c(C(=O)Nc2ccc(COC)cc2)nn1C1CCC(C)CC1. The Morgan fingerprint density at radius 2 is 1.90 bits per heavy atom. The summed E-state index contributed by atoms with van der Waals surface area (Å²) in [4.78, 5) is 13.1. The van der Waals surface area contributed by atoms with Gasteiger partial charge in [-0.2, -0.15) is 5.10 Å². The average molecular weight is 412 g/mol. The molecule has 0 unspecified atom stereocenters. The summed E-state index contributed by atoms with van der Waals surface area (Å²) in [6, 6.07) is 7.81. The number of ether oxygens (including phenoxy) is 1. The van der Waals surface area contributed by atoms with Crippen molar-refractivity contribution in [3.63, 3.8) is 0 Å². The summed E-state index contributed by atoms with van der Waals surface area (Å²) in [6.07, 6.45) is 4.40. The Morgan fingerprint density at radius 1 is 1.23 bits per heavy atom. The van der Waals surface area contributed by atoms with Gasteiger partial charge in [-0.3, -0.25) is 4.79 Å². The predicted octanol–water partition coefficient (Wildman–Crippen LogP) is 4.85. The van der Waals surface area contributed by atoms with Crippen molar-refractivity contribution in [3.8, 4) is 0 Å². The highest BCUT2D eigenvalue weighted by Crippen LogP contribution is 2.35. The first-order valence-electron chi connectivity index (χ1n) is 10.8. The van der Waals surface area contributed by atoms with Gasteiger partial charge in [-0.15, -0.1) is 0 Å². The number of rotatable bonds is 8. The molecule has 1 aromatic carbocycles. The third-order valence-corrected chi connectivity index (χ3v) is 5.70.